The molecule has 6 heteroatoms. The van der Waals surface area contributed by atoms with E-state index in [1.165, 1.54) is 6.42 Å². The van der Waals surface area contributed by atoms with E-state index in [0.717, 1.165) is 31.2 Å². The van der Waals surface area contributed by atoms with Crippen LogP contribution in [0.2, 0.25) is 0 Å². The Labute approximate surface area is 129 Å². The summed E-state index contributed by atoms with van der Waals surface area (Å²) in [7, 11) is 0. The number of alkyl carbamates (subject to hydrolysis) is 1. The van der Waals surface area contributed by atoms with Crippen molar-refractivity contribution in [3.8, 4) is 0 Å². The number of ether oxygens (including phenoxy) is 1. The summed E-state index contributed by atoms with van der Waals surface area (Å²) >= 11 is 0. The van der Waals surface area contributed by atoms with Gasteiger partial charge in [0.2, 0.25) is 0 Å². The van der Waals surface area contributed by atoms with E-state index in [9.17, 15) is 4.79 Å². The number of nitrogens with zero attached hydrogens (tertiary/aromatic N) is 3. The summed E-state index contributed by atoms with van der Waals surface area (Å²) in [5.41, 5.74) is 0.213. The van der Waals surface area contributed by atoms with Gasteiger partial charge in [-0.2, -0.15) is 0 Å². The first kappa shape index (κ1) is 14.7. The first-order valence-electron chi connectivity index (χ1n) is 7.75. The molecule has 1 saturated carbocycles. The summed E-state index contributed by atoms with van der Waals surface area (Å²) in [6, 6.07) is 9.69. The molecule has 1 heterocycles. The van der Waals surface area contributed by atoms with Crippen molar-refractivity contribution < 1.29 is 9.53 Å². The Morgan fingerprint density at radius 3 is 2.68 bits per heavy atom. The van der Waals surface area contributed by atoms with E-state index in [2.05, 4.69) is 20.8 Å². The van der Waals surface area contributed by atoms with Gasteiger partial charge in [0.05, 0.1) is 12.8 Å². The van der Waals surface area contributed by atoms with E-state index in [4.69, 9.17) is 4.74 Å². The number of carbonyl (C=O) groups is 1. The zero-order chi connectivity index (χ0) is 15.3. The van der Waals surface area contributed by atoms with Gasteiger partial charge in [0.25, 0.3) is 0 Å². The monoisotopic (exact) mass is 300 g/mol. The molecular weight excluding hydrogens is 280 g/mol. The standard InChI is InChI=1S/C16H20N4O2/c21-15(22-14-9-5-2-6-10-14)17-11-16(12-18-20-19-16)13-7-3-1-4-8-13/h1,3-4,7-8,12,14H,2,5-6,9-11H2,(H,17,21). The minimum absolute atomic E-state index is 0.0419. The quantitative estimate of drug-likeness (QED) is 0.925. The lowest BCUT2D eigenvalue weighted by Crippen LogP contribution is -2.41. The fourth-order valence-corrected chi connectivity index (χ4v) is 2.88. The molecule has 1 fully saturated rings. The Morgan fingerprint density at radius 2 is 2.00 bits per heavy atom. The summed E-state index contributed by atoms with van der Waals surface area (Å²) in [4.78, 5) is 12.0. The van der Waals surface area contributed by atoms with Gasteiger partial charge in [-0.3, -0.25) is 0 Å². The lowest BCUT2D eigenvalue weighted by Gasteiger charge is -2.24. The van der Waals surface area contributed by atoms with Crippen LogP contribution in [0.15, 0.2) is 45.8 Å². The smallest absolute Gasteiger partial charge is 0.407 e. The van der Waals surface area contributed by atoms with Gasteiger partial charge in [-0.25, -0.2) is 4.79 Å². The molecule has 0 aromatic heterocycles. The van der Waals surface area contributed by atoms with Crippen LogP contribution in [0.25, 0.3) is 0 Å². The molecule has 6 nitrogen and oxygen atoms in total. The predicted molar refractivity (Wildman–Crippen MR) is 82.8 cm³/mol. The second-order valence-corrected chi connectivity index (χ2v) is 5.74. The maximum atomic E-state index is 12.0. The van der Waals surface area contributed by atoms with E-state index < -0.39 is 11.6 Å². The highest BCUT2D eigenvalue weighted by Gasteiger charge is 2.34. The minimum atomic E-state index is -0.729. The maximum absolute atomic E-state index is 12.0. The number of carbonyl (C=O) groups excluding carboxylic acids is 1. The Balaban J connectivity index is 1.59. The normalized spacial score (nSPS) is 24.4. The molecule has 0 saturated heterocycles. The van der Waals surface area contributed by atoms with Crippen LogP contribution in [0.4, 0.5) is 4.79 Å². The molecular formula is C16H20N4O2. The van der Waals surface area contributed by atoms with Crippen LogP contribution in [0.1, 0.15) is 37.7 Å². The van der Waals surface area contributed by atoms with Crippen LogP contribution in [0.3, 0.4) is 0 Å². The maximum Gasteiger partial charge on any atom is 0.407 e. The van der Waals surface area contributed by atoms with Gasteiger partial charge >= 0.3 is 6.09 Å². The Bertz CT molecular complexity index is 553. The van der Waals surface area contributed by atoms with Crippen molar-refractivity contribution in [2.45, 2.75) is 43.7 Å². The third-order valence-corrected chi connectivity index (χ3v) is 4.15. The second kappa shape index (κ2) is 6.68. The highest BCUT2D eigenvalue weighted by atomic mass is 16.6. The van der Waals surface area contributed by atoms with Crippen molar-refractivity contribution in [3.63, 3.8) is 0 Å². The van der Waals surface area contributed by atoms with Crippen molar-refractivity contribution in [2.24, 2.45) is 15.4 Å². The van der Waals surface area contributed by atoms with E-state index in [1.54, 1.807) is 6.21 Å². The molecule has 2 aliphatic rings. The number of hydrogen-bond donors (Lipinski definition) is 1. The Kier molecular flexibility index (Phi) is 4.46. The largest absolute Gasteiger partial charge is 0.446 e. The zero-order valence-corrected chi connectivity index (χ0v) is 12.4. The number of amides is 1. The number of nitrogens with one attached hydrogen (secondary N) is 1. The van der Waals surface area contributed by atoms with Crippen molar-refractivity contribution in [3.05, 3.63) is 35.9 Å². The van der Waals surface area contributed by atoms with Crippen LogP contribution < -0.4 is 5.32 Å². The van der Waals surface area contributed by atoms with Crippen LogP contribution in [0.5, 0.6) is 0 Å². The number of benzene rings is 1. The van der Waals surface area contributed by atoms with Crippen LogP contribution in [-0.4, -0.2) is 25.0 Å². The lowest BCUT2D eigenvalue weighted by atomic mass is 9.92. The molecule has 3 rings (SSSR count). The third-order valence-electron chi connectivity index (χ3n) is 4.15. The van der Waals surface area contributed by atoms with Crippen LogP contribution >= 0.6 is 0 Å². The molecule has 22 heavy (non-hydrogen) atoms. The van der Waals surface area contributed by atoms with Crippen LogP contribution in [0, 0.1) is 0 Å². The first-order valence-corrected chi connectivity index (χ1v) is 7.75. The molecule has 1 aliphatic heterocycles. The van der Waals surface area contributed by atoms with E-state index in [-0.39, 0.29) is 12.6 Å². The molecule has 1 atom stereocenters. The molecule has 1 aliphatic carbocycles. The first-order chi connectivity index (χ1) is 10.8. The molecule has 116 valence electrons. The topological polar surface area (TPSA) is 75.4 Å². The molecule has 1 N–H and O–H groups in total. The lowest BCUT2D eigenvalue weighted by molar-refractivity contribution is 0.0747. The Hall–Kier alpha value is -2.24. The number of hydrogen-bond acceptors (Lipinski definition) is 5. The fourth-order valence-electron chi connectivity index (χ4n) is 2.88. The van der Waals surface area contributed by atoms with Gasteiger partial charge < -0.3 is 10.1 Å². The SMILES string of the molecule is O=C(NCC1(c2ccccc2)C=NN=N1)OC1CCCCC1. The molecule has 0 spiro atoms. The van der Waals surface area contributed by atoms with Crippen molar-refractivity contribution >= 4 is 12.3 Å². The highest BCUT2D eigenvalue weighted by molar-refractivity contribution is 5.76. The molecule has 1 aromatic carbocycles. The van der Waals surface area contributed by atoms with Gasteiger partial charge in [-0.1, -0.05) is 36.8 Å². The third kappa shape index (κ3) is 3.32. The zero-order valence-electron chi connectivity index (χ0n) is 12.4. The molecule has 0 bridgehead atoms. The fraction of sp³-hybridized carbons (Fsp3) is 0.500. The van der Waals surface area contributed by atoms with E-state index in [1.807, 2.05) is 30.3 Å². The molecule has 0 radical (unpaired) electrons. The van der Waals surface area contributed by atoms with Gasteiger partial charge in [-0.05, 0) is 36.5 Å². The molecule has 1 unspecified atom stereocenters. The summed E-state index contributed by atoms with van der Waals surface area (Å²) < 4.78 is 5.47. The van der Waals surface area contributed by atoms with Crippen molar-refractivity contribution in [2.75, 3.05) is 6.54 Å². The van der Waals surface area contributed by atoms with E-state index in [0.29, 0.717) is 0 Å². The summed E-state index contributed by atoms with van der Waals surface area (Å²) in [6.45, 7) is 0.287. The van der Waals surface area contributed by atoms with Gasteiger partial charge in [0.15, 0.2) is 5.54 Å². The average Bonchev–Trinajstić information content (AvgIpc) is 3.05. The van der Waals surface area contributed by atoms with E-state index >= 15 is 0 Å². The van der Waals surface area contributed by atoms with Crippen molar-refractivity contribution in [1.29, 1.82) is 0 Å². The second-order valence-electron chi connectivity index (χ2n) is 5.74. The Morgan fingerprint density at radius 1 is 1.23 bits per heavy atom. The minimum Gasteiger partial charge on any atom is -0.446 e. The molecule has 1 aromatic rings. The predicted octanol–water partition coefficient (Wildman–Crippen LogP) is 3.39. The van der Waals surface area contributed by atoms with Crippen LogP contribution in [-0.2, 0) is 10.3 Å². The summed E-state index contributed by atoms with van der Waals surface area (Å²) in [5.74, 6) is 0. The van der Waals surface area contributed by atoms with Gasteiger partial charge in [-0.15, -0.1) is 10.2 Å². The summed E-state index contributed by atoms with van der Waals surface area (Å²) in [5, 5.41) is 14.6. The summed E-state index contributed by atoms with van der Waals surface area (Å²) in [6.07, 6.45) is 6.72. The van der Waals surface area contributed by atoms with Crippen molar-refractivity contribution in [1.82, 2.24) is 5.32 Å². The average molecular weight is 300 g/mol. The van der Waals surface area contributed by atoms with Gasteiger partial charge in [0.1, 0.15) is 6.10 Å². The number of rotatable bonds is 4. The van der Waals surface area contributed by atoms with Gasteiger partial charge in [0, 0.05) is 0 Å². The highest BCUT2D eigenvalue weighted by Crippen LogP contribution is 2.27. The molecule has 1 amide bonds.